The lowest BCUT2D eigenvalue weighted by Crippen LogP contribution is -2.22. The predicted octanol–water partition coefficient (Wildman–Crippen LogP) is 7.30. The zero-order chi connectivity index (χ0) is 19.5. The van der Waals surface area contributed by atoms with E-state index < -0.39 is 0 Å². The highest BCUT2D eigenvalue weighted by molar-refractivity contribution is 5.22. The Labute approximate surface area is 154 Å². The molecular weight excluding hydrogens is 311 g/mol. The van der Waals surface area contributed by atoms with Crippen LogP contribution in [0, 0.1) is 11.2 Å². The van der Waals surface area contributed by atoms with Crippen molar-refractivity contribution in [2.75, 3.05) is 0 Å². The molecule has 2 rings (SSSR count). The molecule has 0 fully saturated rings. The summed E-state index contributed by atoms with van der Waals surface area (Å²) >= 11 is 0. The Morgan fingerprint density at radius 1 is 0.760 bits per heavy atom. The zero-order valence-corrected chi connectivity index (χ0v) is 17.2. The molecule has 0 amide bonds. The van der Waals surface area contributed by atoms with Gasteiger partial charge in [0.05, 0.1) is 0 Å². The van der Waals surface area contributed by atoms with Gasteiger partial charge in [-0.05, 0) is 62.4 Å². The fourth-order valence-electron chi connectivity index (χ4n) is 2.06. The third-order valence-corrected chi connectivity index (χ3v) is 2.81. The quantitative estimate of drug-likeness (QED) is 0.554. The fraction of sp³-hybridized carbons (Fsp3) is 0.478. The molecule has 0 atom stereocenters. The van der Waals surface area contributed by atoms with Crippen LogP contribution in [0.25, 0.3) is 0 Å². The maximum absolute atomic E-state index is 12.5. The van der Waals surface area contributed by atoms with Gasteiger partial charge in [0.2, 0.25) is 0 Å². The molecule has 0 spiro atoms. The van der Waals surface area contributed by atoms with Gasteiger partial charge in [-0.25, -0.2) is 4.39 Å². The van der Waals surface area contributed by atoms with Crippen LogP contribution < -0.4 is 4.74 Å². The van der Waals surface area contributed by atoms with Gasteiger partial charge in [-0.15, -0.1) is 0 Å². The van der Waals surface area contributed by atoms with Crippen LogP contribution in [0.3, 0.4) is 0 Å². The summed E-state index contributed by atoms with van der Waals surface area (Å²) in [5.41, 5.74) is 1.61. The molecule has 0 aliphatic carbocycles. The van der Waals surface area contributed by atoms with E-state index in [4.69, 9.17) is 4.74 Å². The highest BCUT2D eigenvalue weighted by atomic mass is 19.1. The van der Waals surface area contributed by atoms with Crippen molar-refractivity contribution in [1.29, 1.82) is 0 Å². The Kier molecular flexibility index (Phi) is 10.1. The van der Waals surface area contributed by atoms with E-state index in [1.165, 1.54) is 17.7 Å². The molecule has 0 aliphatic heterocycles. The average molecular weight is 347 g/mol. The minimum atomic E-state index is -0.240. The summed E-state index contributed by atoms with van der Waals surface area (Å²) in [6.07, 6.45) is 1.16. The molecule has 1 nitrogen and oxygen atoms in total. The number of hydrogen-bond acceptors (Lipinski definition) is 1. The summed E-state index contributed by atoms with van der Waals surface area (Å²) in [7, 11) is 0. The monoisotopic (exact) mass is 346 g/mol. The summed E-state index contributed by atoms with van der Waals surface area (Å²) in [6.45, 7) is 16.7. The van der Waals surface area contributed by atoms with Gasteiger partial charge in [-0.3, -0.25) is 0 Å². The molecular formula is C23H35FO. The maximum atomic E-state index is 12.5. The van der Waals surface area contributed by atoms with Crippen molar-refractivity contribution in [2.45, 2.75) is 67.4 Å². The number of hydrogen-bond donors (Lipinski definition) is 0. The van der Waals surface area contributed by atoms with E-state index in [0.29, 0.717) is 11.2 Å². The molecule has 0 saturated heterocycles. The van der Waals surface area contributed by atoms with E-state index in [1.807, 2.05) is 34.6 Å². The fourth-order valence-corrected chi connectivity index (χ4v) is 2.06. The maximum Gasteiger partial charge on any atom is 0.123 e. The van der Waals surface area contributed by atoms with Gasteiger partial charge >= 0.3 is 0 Å². The van der Waals surface area contributed by atoms with Gasteiger partial charge in [0.25, 0.3) is 0 Å². The molecule has 25 heavy (non-hydrogen) atoms. The molecule has 140 valence electrons. The van der Waals surface area contributed by atoms with Crippen LogP contribution >= 0.6 is 0 Å². The normalized spacial score (nSPS) is 10.8. The zero-order valence-electron chi connectivity index (χ0n) is 17.2. The van der Waals surface area contributed by atoms with E-state index in [1.54, 1.807) is 12.1 Å². The summed E-state index contributed by atoms with van der Waals surface area (Å²) in [6, 6.07) is 16.7. The molecule has 0 saturated carbocycles. The van der Waals surface area contributed by atoms with E-state index in [9.17, 15) is 4.39 Å². The van der Waals surface area contributed by atoms with Crippen LogP contribution in [-0.4, -0.2) is 5.60 Å². The lowest BCUT2D eigenvalue weighted by atomic mass is 9.88. The second-order valence-corrected chi connectivity index (χ2v) is 7.89. The summed E-state index contributed by atoms with van der Waals surface area (Å²) in [4.78, 5) is 0. The van der Waals surface area contributed by atoms with Crippen LogP contribution in [0.4, 0.5) is 4.39 Å². The van der Waals surface area contributed by atoms with Crippen LogP contribution in [0.1, 0.15) is 61.0 Å². The van der Waals surface area contributed by atoms with E-state index in [-0.39, 0.29) is 11.4 Å². The van der Waals surface area contributed by atoms with Crippen molar-refractivity contribution in [1.82, 2.24) is 0 Å². The highest BCUT2D eigenvalue weighted by Crippen LogP contribution is 2.20. The van der Waals surface area contributed by atoms with Crippen molar-refractivity contribution in [3.05, 3.63) is 66.0 Å². The highest BCUT2D eigenvalue weighted by Gasteiger charge is 2.11. The van der Waals surface area contributed by atoms with Gasteiger partial charge in [-0.2, -0.15) is 0 Å². The first-order chi connectivity index (χ1) is 11.6. The number of halogens is 1. The van der Waals surface area contributed by atoms with Crippen molar-refractivity contribution < 1.29 is 9.13 Å². The van der Waals surface area contributed by atoms with E-state index in [0.717, 1.165) is 6.42 Å². The topological polar surface area (TPSA) is 9.23 Å². The van der Waals surface area contributed by atoms with Gasteiger partial charge in [0, 0.05) is 0 Å². The molecule has 0 heterocycles. The van der Waals surface area contributed by atoms with Crippen molar-refractivity contribution >= 4 is 0 Å². The van der Waals surface area contributed by atoms with E-state index in [2.05, 4.69) is 51.1 Å². The SMILES string of the molecule is CC.CC(C)(C)Cc1ccccc1.CC(C)(C)Oc1ccc(F)cc1. The molecule has 0 aromatic heterocycles. The minimum absolute atomic E-state index is 0.224. The minimum Gasteiger partial charge on any atom is -0.488 e. The van der Waals surface area contributed by atoms with Crippen molar-refractivity contribution in [3.63, 3.8) is 0 Å². The molecule has 2 aromatic rings. The van der Waals surface area contributed by atoms with Gasteiger partial charge in [0.1, 0.15) is 17.2 Å². The molecule has 0 unspecified atom stereocenters. The van der Waals surface area contributed by atoms with Crippen LogP contribution in [0.2, 0.25) is 0 Å². The Balaban J connectivity index is 0.000000421. The second kappa shape index (κ2) is 10.9. The summed E-state index contributed by atoms with van der Waals surface area (Å²) in [5, 5.41) is 0. The second-order valence-electron chi connectivity index (χ2n) is 7.89. The first kappa shape index (κ1) is 23.2. The Hall–Kier alpha value is -1.83. The predicted molar refractivity (Wildman–Crippen MR) is 108 cm³/mol. The number of rotatable bonds is 2. The Bertz CT molecular complexity index is 560. The van der Waals surface area contributed by atoms with Crippen LogP contribution in [0.5, 0.6) is 5.75 Å². The smallest absolute Gasteiger partial charge is 0.123 e. The standard InChI is InChI=1S/C11H16.C10H13FO.C2H6/c1-11(2,3)9-10-7-5-4-6-8-10;1-10(2,3)12-9-6-4-8(11)5-7-9;1-2/h4-8H,9H2,1-3H3;4-7H,1-3H3;1-2H3. The molecule has 0 radical (unpaired) electrons. The lowest BCUT2D eigenvalue weighted by Gasteiger charge is -2.20. The van der Waals surface area contributed by atoms with E-state index >= 15 is 0 Å². The third kappa shape index (κ3) is 13.2. The van der Waals surface area contributed by atoms with Crippen molar-refractivity contribution in [2.24, 2.45) is 5.41 Å². The van der Waals surface area contributed by atoms with Crippen LogP contribution in [0.15, 0.2) is 54.6 Å². The first-order valence-electron chi connectivity index (χ1n) is 9.04. The Morgan fingerprint density at radius 2 is 1.24 bits per heavy atom. The first-order valence-corrected chi connectivity index (χ1v) is 9.04. The third-order valence-electron chi connectivity index (χ3n) is 2.81. The molecule has 0 bridgehead atoms. The largest absolute Gasteiger partial charge is 0.488 e. The lowest BCUT2D eigenvalue weighted by molar-refractivity contribution is 0.131. The number of ether oxygens (including phenoxy) is 1. The average Bonchev–Trinajstić information content (AvgIpc) is 2.50. The summed E-state index contributed by atoms with van der Waals surface area (Å²) in [5.74, 6) is 0.458. The number of benzene rings is 2. The summed E-state index contributed by atoms with van der Waals surface area (Å²) < 4.78 is 18.0. The molecule has 0 N–H and O–H groups in total. The molecule has 2 heteroatoms. The van der Waals surface area contributed by atoms with Crippen LogP contribution in [-0.2, 0) is 6.42 Å². The van der Waals surface area contributed by atoms with Gasteiger partial charge in [-0.1, -0.05) is 65.0 Å². The Morgan fingerprint density at radius 3 is 1.64 bits per heavy atom. The van der Waals surface area contributed by atoms with Crippen molar-refractivity contribution in [3.8, 4) is 5.75 Å². The molecule has 0 aliphatic rings. The van der Waals surface area contributed by atoms with Gasteiger partial charge < -0.3 is 4.74 Å². The molecule has 2 aromatic carbocycles. The van der Waals surface area contributed by atoms with Gasteiger partial charge in [0.15, 0.2) is 0 Å².